The maximum atomic E-state index is 12.5. The molecule has 0 aliphatic carbocycles. The van der Waals surface area contributed by atoms with E-state index in [0.29, 0.717) is 22.1 Å². The van der Waals surface area contributed by atoms with Gasteiger partial charge < -0.3 is 5.32 Å². The van der Waals surface area contributed by atoms with Gasteiger partial charge in [-0.3, -0.25) is 4.79 Å². The van der Waals surface area contributed by atoms with Crippen LogP contribution in [0.1, 0.15) is 25.2 Å². The first-order chi connectivity index (χ1) is 15.3. The fourth-order valence-electron chi connectivity index (χ4n) is 2.93. The zero-order valence-electron chi connectivity index (χ0n) is 17.4. The van der Waals surface area contributed by atoms with Crippen molar-refractivity contribution < 1.29 is 4.21 Å². The van der Waals surface area contributed by atoms with Crippen molar-refractivity contribution in [3.05, 3.63) is 82.7 Å². The quantitative estimate of drug-likeness (QED) is 0.413. The summed E-state index contributed by atoms with van der Waals surface area (Å²) in [5.74, 6) is 6.49. The molecule has 4 aromatic rings. The molecule has 1 aromatic carbocycles. The van der Waals surface area contributed by atoms with Crippen LogP contribution in [0.5, 0.6) is 0 Å². The summed E-state index contributed by atoms with van der Waals surface area (Å²) in [4.78, 5) is 20.4. The van der Waals surface area contributed by atoms with Crippen molar-refractivity contribution in [3.63, 3.8) is 0 Å². The zero-order valence-corrected chi connectivity index (χ0v) is 18.2. The van der Waals surface area contributed by atoms with Crippen molar-refractivity contribution in [2.45, 2.75) is 24.0 Å². The Balaban J connectivity index is 1.63. The summed E-state index contributed by atoms with van der Waals surface area (Å²) < 4.78 is 20.6. The van der Waals surface area contributed by atoms with Gasteiger partial charge in [-0.25, -0.2) is 24.1 Å². The summed E-state index contributed by atoms with van der Waals surface area (Å²) in [5.41, 5.74) is 1.46. The number of aromatic amines is 1. The highest BCUT2D eigenvalue weighted by molar-refractivity contribution is 7.93. The van der Waals surface area contributed by atoms with Crippen molar-refractivity contribution in [1.29, 1.82) is 4.78 Å². The predicted octanol–water partition coefficient (Wildman–Crippen LogP) is 3.67. The maximum absolute atomic E-state index is 12.5. The van der Waals surface area contributed by atoms with Gasteiger partial charge in [-0.05, 0) is 68.2 Å². The third kappa shape index (κ3) is 4.50. The molecule has 3 N–H and O–H groups in total. The van der Waals surface area contributed by atoms with E-state index in [4.69, 9.17) is 4.78 Å². The molecule has 0 aliphatic heterocycles. The minimum Gasteiger partial charge on any atom is -0.340 e. The molecule has 3 aromatic heterocycles. The molecular weight excluding hydrogens is 424 g/mol. The van der Waals surface area contributed by atoms with E-state index in [1.54, 1.807) is 56.6 Å². The van der Waals surface area contributed by atoms with Crippen molar-refractivity contribution >= 4 is 32.0 Å². The van der Waals surface area contributed by atoms with E-state index in [-0.39, 0.29) is 10.8 Å². The Kier molecular flexibility index (Phi) is 5.71. The molecule has 0 bridgehead atoms. The van der Waals surface area contributed by atoms with Gasteiger partial charge in [0.15, 0.2) is 0 Å². The number of nitrogens with zero attached hydrogens (tertiary/aromatic N) is 3. The van der Waals surface area contributed by atoms with Gasteiger partial charge in [-0.15, -0.1) is 0 Å². The lowest BCUT2D eigenvalue weighted by atomic mass is 10.1. The second kappa shape index (κ2) is 8.61. The zero-order chi connectivity index (χ0) is 22.7. The van der Waals surface area contributed by atoms with Crippen molar-refractivity contribution in [1.82, 2.24) is 20.2 Å². The molecule has 160 valence electrons. The number of aromatic nitrogens is 4. The van der Waals surface area contributed by atoms with Crippen LogP contribution in [0.25, 0.3) is 10.8 Å². The summed E-state index contributed by atoms with van der Waals surface area (Å²) in [6, 6.07) is 13.6. The molecule has 0 spiro atoms. The van der Waals surface area contributed by atoms with E-state index in [2.05, 4.69) is 37.3 Å². The molecule has 0 radical (unpaired) electrons. The normalized spacial score (nSPS) is 12.7. The molecule has 3 heterocycles. The molecule has 1 atom stereocenters. The largest absolute Gasteiger partial charge is 0.340 e. The van der Waals surface area contributed by atoms with Crippen LogP contribution in [0.3, 0.4) is 0 Å². The van der Waals surface area contributed by atoms with Gasteiger partial charge in [0.2, 0.25) is 0 Å². The molecule has 32 heavy (non-hydrogen) atoms. The Morgan fingerprint density at radius 1 is 1.06 bits per heavy atom. The molecule has 0 saturated carbocycles. The number of nitrogens with one attached hydrogen (secondary N) is 3. The second-order valence-electron chi connectivity index (χ2n) is 7.31. The van der Waals surface area contributed by atoms with E-state index in [1.807, 2.05) is 12.1 Å². The van der Waals surface area contributed by atoms with Gasteiger partial charge in [0.1, 0.15) is 17.2 Å². The van der Waals surface area contributed by atoms with Gasteiger partial charge in [0.25, 0.3) is 5.56 Å². The third-order valence-corrected chi connectivity index (χ3v) is 7.08. The smallest absolute Gasteiger partial charge is 0.264 e. The number of H-pyrrole nitrogens is 1. The van der Waals surface area contributed by atoms with Crippen LogP contribution in [0.15, 0.2) is 70.6 Å². The standard InChI is InChI=1S/C23H20N6O2S/c1-15(2)32(24,31)19-7-3-17(4-8-19)27-22-13-20-16(14-26-22)11-12-25-21(20)9-5-18-6-10-23(30)29-28-18/h3-4,6-8,10-15,24H,1-2H3,(H,26,27)(H,29,30). The van der Waals surface area contributed by atoms with E-state index < -0.39 is 9.73 Å². The number of fused-ring (bicyclic) bond motifs is 1. The van der Waals surface area contributed by atoms with Gasteiger partial charge in [-0.1, -0.05) is 0 Å². The highest BCUT2D eigenvalue weighted by Gasteiger charge is 2.14. The summed E-state index contributed by atoms with van der Waals surface area (Å²) in [5, 5.41) is 10.9. The van der Waals surface area contributed by atoms with Gasteiger partial charge in [0.05, 0.1) is 9.73 Å². The first-order valence-electron chi connectivity index (χ1n) is 9.80. The molecule has 4 rings (SSSR count). The number of hydrogen-bond acceptors (Lipinski definition) is 7. The highest BCUT2D eigenvalue weighted by atomic mass is 32.2. The Labute approximate surface area is 185 Å². The number of benzene rings is 1. The third-order valence-electron chi connectivity index (χ3n) is 4.78. The second-order valence-corrected chi connectivity index (χ2v) is 9.92. The fraction of sp³-hybridized carbons (Fsp3) is 0.130. The number of pyridine rings is 2. The number of hydrogen-bond donors (Lipinski definition) is 3. The first-order valence-corrected chi connectivity index (χ1v) is 11.4. The average molecular weight is 445 g/mol. The van der Waals surface area contributed by atoms with Gasteiger partial charge >= 0.3 is 0 Å². The number of anilines is 2. The lowest BCUT2D eigenvalue weighted by molar-refractivity contribution is 0.667. The van der Waals surface area contributed by atoms with Crippen molar-refractivity contribution in [2.75, 3.05) is 5.32 Å². The van der Waals surface area contributed by atoms with Crippen molar-refractivity contribution in [3.8, 4) is 11.8 Å². The molecule has 0 amide bonds. The maximum Gasteiger partial charge on any atom is 0.264 e. The Morgan fingerprint density at radius 2 is 1.84 bits per heavy atom. The molecular formula is C23H20N6O2S. The van der Waals surface area contributed by atoms with E-state index in [9.17, 15) is 9.00 Å². The van der Waals surface area contributed by atoms with Crippen LogP contribution in [0.2, 0.25) is 0 Å². The Morgan fingerprint density at radius 3 is 2.53 bits per heavy atom. The van der Waals surface area contributed by atoms with Crippen LogP contribution in [0.4, 0.5) is 11.5 Å². The Hall–Kier alpha value is -4.03. The van der Waals surface area contributed by atoms with Crippen LogP contribution >= 0.6 is 0 Å². The van der Waals surface area contributed by atoms with E-state index in [0.717, 1.165) is 16.5 Å². The molecule has 0 aliphatic rings. The molecule has 8 nitrogen and oxygen atoms in total. The van der Waals surface area contributed by atoms with Gasteiger partial charge in [-0.2, -0.15) is 5.10 Å². The average Bonchev–Trinajstić information content (AvgIpc) is 2.79. The van der Waals surface area contributed by atoms with Crippen LogP contribution in [-0.4, -0.2) is 29.6 Å². The minimum atomic E-state index is -2.82. The number of rotatable bonds is 4. The molecule has 0 saturated heterocycles. The highest BCUT2D eigenvalue weighted by Crippen LogP contribution is 2.24. The lowest BCUT2D eigenvalue weighted by Crippen LogP contribution is -2.12. The first kappa shape index (κ1) is 21.2. The van der Waals surface area contributed by atoms with Crippen LogP contribution in [0, 0.1) is 16.6 Å². The van der Waals surface area contributed by atoms with Gasteiger partial charge in [0, 0.05) is 45.1 Å². The van der Waals surface area contributed by atoms with Crippen LogP contribution < -0.4 is 10.9 Å². The SMILES string of the molecule is CC(C)S(=N)(=O)c1ccc(Nc2cc3c(C#Cc4ccc(=O)[nH]n4)nccc3cn2)cc1. The lowest BCUT2D eigenvalue weighted by Gasteiger charge is -2.12. The molecule has 0 fully saturated rings. The van der Waals surface area contributed by atoms with E-state index >= 15 is 0 Å². The summed E-state index contributed by atoms with van der Waals surface area (Å²) in [6.07, 6.45) is 3.39. The minimum absolute atomic E-state index is 0.262. The Bertz CT molecular complexity index is 1490. The summed E-state index contributed by atoms with van der Waals surface area (Å²) >= 11 is 0. The summed E-state index contributed by atoms with van der Waals surface area (Å²) in [6.45, 7) is 3.56. The fourth-order valence-corrected chi connectivity index (χ4v) is 4.02. The monoisotopic (exact) mass is 444 g/mol. The molecule has 9 heteroatoms. The predicted molar refractivity (Wildman–Crippen MR) is 124 cm³/mol. The molecule has 1 unspecified atom stereocenters. The summed E-state index contributed by atoms with van der Waals surface area (Å²) in [7, 11) is -2.82. The van der Waals surface area contributed by atoms with Crippen molar-refractivity contribution in [2.24, 2.45) is 0 Å². The van der Waals surface area contributed by atoms with E-state index in [1.165, 1.54) is 6.07 Å². The topological polar surface area (TPSA) is 124 Å². The van der Waals surface area contributed by atoms with Crippen LogP contribution in [-0.2, 0) is 9.73 Å².